The molecule has 0 aliphatic carbocycles. The Labute approximate surface area is 137 Å². The van der Waals surface area contributed by atoms with Crippen LogP contribution in [0, 0.1) is 0 Å². The Bertz CT molecular complexity index is 644. The number of thioether (sulfide) groups is 2. The normalized spacial score (nSPS) is 10.6. The van der Waals surface area contributed by atoms with Crippen LogP contribution in [-0.4, -0.2) is 16.8 Å². The topological polar surface area (TPSA) is 37.3 Å². The van der Waals surface area contributed by atoms with Gasteiger partial charge in [-0.15, -0.1) is 23.5 Å². The third-order valence-electron chi connectivity index (χ3n) is 2.84. The fourth-order valence-electron chi connectivity index (χ4n) is 1.89. The summed E-state index contributed by atoms with van der Waals surface area (Å²) in [5.41, 5.74) is 1.40. The number of hydrogen-bond donors (Lipinski definition) is 1. The van der Waals surface area contributed by atoms with E-state index < -0.39 is 5.97 Å². The molecular formula is C16H15ClO2S2. The third-order valence-corrected chi connectivity index (χ3v) is 5.26. The van der Waals surface area contributed by atoms with E-state index in [9.17, 15) is 9.90 Å². The highest BCUT2D eigenvalue weighted by Crippen LogP contribution is 2.34. The lowest BCUT2D eigenvalue weighted by molar-refractivity contribution is 0.0689. The summed E-state index contributed by atoms with van der Waals surface area (Å²) in [6.07, 6.45) is 0. The van der Waals surface area contributed by atoms with Crippen LogP contribution in [-0.2, 0) is 5.75 Å². The molecule has 2 nitrogen and oxygen atoms in total. The monoisotopic (exact) mass is 338 g/mol. The molecule has 0 bridgehead atoms. The molecule has 2 aromatic carbocycles. The fraction of sp³-hybridized carbons (Fsp3) is 0.188. The van der Waals surface area contributed by atoms with Crippen molar-refractivity contribution < 1.29 is 9.90 Å². The first-order valence-electron chi connectivity index (χ1n) is 6.48. The Morgan fingerprint density at radius 1 is 1.10 bits per heavy atom. The molecule has 0 amide bonds. The van der Waals surface area contributed by atoms with Gasteiger partial charge in [0.05, 0.1) is 5.56 Å². The van der Waals surface area contributed by atoms with Crippen LogP contribution in [0.5, 0.6) is 0 Å². The molecule has 21 heavy (non-hydrogen) atoms. The molecule has 2 aromatic rings. The molecule has 5 heteroatoms. The summed E-state index contributed by atoms with van der Waals surface area (Å²) in [7, 11) is 0. The summed E-state index contributed by atoms with van der Waals surface area (Å²) in [6, 6.07) is 13.2. The summed E-state index contributed by atoms with van der Waals surface area (Å²) < 4.78 is 0. The molecule has 0 spiro atoms. The first kappa shape index (κ1) is 16.3. The van der Waals surface area contributed by atoms with Gasteiger partial charge in [-0.05, 0) is 29.5 Å². The van der Waals surface area contributed by atoms with Crippen LogP contribution in [0.2, 0.25) is 5.02 Å². The first-order valence-corrected chi connectivity index (χ1v) is 8.83. The van der Waals surface area contributed by atoms with Gasteiger partial charge in [-0.25, -0.2) is 4.79 Å². The quantitative estimate of drug-likeness (QED) is 0.711. The summed E-state index contributed by atoms with van der Waals surface area (Å²) >= 11 is 9.19. The Morgan fingerprint density at radius 3 is 2.38 bits per heavy atom. The minimum atomic E-state index is -0.881. The average Bonchev–Trinajstić information content (AvgIpc) is 2.46. The lowest BCUT2D eigenvalue weighted by Crippen LogP contribution is -2.01. The van der Waals surface area contributed by atoms with Crippen LogP contribution < -0.4 is 0 Å². The molecule has 0 heterocycles. The minimum Gasteiger partial charge on any atom is -0.478 e. The molecule has 0 unspecified atom stereocenters. The molecule has 0 saturated carbocycles. The predicted molar refractivity (Wildman–Crippen MR) is 90.8 cm³/mol. The summed E-state index contributed by atoms with van der Waals surface area (Å²) in [5.74, 6) is 0.618. The van der Waals surface area contributed by atoms with Gasteiger partial charge < -0.3 is 5.11 Å². The van der Waals surface area contributed by atoms with Crippen molar-refractivity contribution in [2.75, 3.05) is 5.75 Å². The van der Waals surface area contributed by atoms with E-state index in [0.717, 1.165) is 21.1 Å². The van der Waals surface area contributed by atoms with Crippen molar-refractivity contribution in [1.82, 2.24) is 0 Å². The maximum Gasteiger partial charge on any atom is 0.337 e. The maximum atomic E-state index is 11.5. The van der Waals surface area contributed by atoms with Crippen molar-refractivity contribution in [2.45, 2.75) is 22.5 Å². The number of carbonyl (C=O) groups is 1. The summed E-state index contributed by atoms with van der Waals surface area (Å²) in [6.45, 7) is 2.01. The summed E-state index contributed by atoms with van der Waals surface area (Å²) in [4.78, 5) is 13.1. The van der Waals surface area contributed by atoms with Gasteiger partial charge in [0.2, 0.25) is 0 Å². The third kappa shape index (κ3) is 4.19. The summed E-state index contributed by atoms with van der Waals surface area (Å²) in [5, 5.41) is 10.2. The number of carboxylic acids is 1. The van der Waals surface area contributed by atoms with E-state index in [0.29, 0.717) is 16.3 Å². The van der Waals surface area contributed by atoms with E-state index in [1.807, 2.05) is 49.4 Å². The number of aromatic carboxylic acids is 1. The molecular weight excluding hydrogens is 324 g/mol. The lowest BCUT2D eigenvalue weighted by Gasteiger charge is -2.11. The van der Waals surface area contributed by atoms with E-state index in [1.54, 1.807) is 11.8 Å². The molecule has 0 aliphatic rings. The number of carboxylic acid groups (broad SMARTS) is 1. The van der Waals surface area contributed by atoms with Crippen molar-refractivity contribution in [2.24, 2.45) is 0 Å². The second kappa shape index (κ2) is 7.78. The highest BCUT2D eigenvalue weighted by Gasteiger charge is 2.16. The van der Waals surface area contributed by atoms with Crippen molar-refractivity contribution in [3.63, 3.8) is 0 Å². The smallest absolute Gasteiger partial charge is 0.337 e. The molecule has 0 atom stereocenters. The van der Waals surface area contributed by atoms with Crippen LogP contribution in [0.3, 0.4) is 0 Å². The van der Waals surface area contributed by atoms with Crippen molar-refractivity contribution in [3.05, 3.63) is 58.6 Å². The largest absolute Gasteiger partial charge is 0.478 e. The molecule has 0 aliphatic heterocycles. The van der Waals surface area contributed by atoms with Crippen LogP contribution in [0.4, 0.5) is 0 Å². The van der Waals surface area contributed by atoms with E-state index in [2.05, 4.69) is 0 Å². The molecule has 110 valence electrons. The van der Waals surface area contributed by atoms with Gasteiger partial charge in [0.1, 0.15) is 0 Å². The Balaban J connectivity index is 2.25. The zero-order valence-electron chi connectivity index (χ0n) is 11.5. The molecule has 0 radical (unpaired) electrons. The number of rotatable bonds is 6. The number of halogens is 1. The first-order chi connectivity index (χ1) is 10.1. The zero-order valence-corrected chi connectivity index (χ0v) is 13.9. The van der Waals surface area contributed by atoms with Gasteiger partial charge in [0.15, 0.2) is 0 Å². The van der Waals surface area contributed by atoms with Crippen molar-refractivity contribution >= 4 is 41.1 Å². The van der Waals surface area contributed by atoms with Gasteiger partial charge in [-0.3, -0.25) is 0 Å². The van der Waals surface area contributed by atoms with Crippen LogP contribution >= 0.6 is 35.1 Å². The molecule has 1 N–H and O–H groups in total. The van der Waals surface area contributed by atoms with Crippen LogP contribution in [0.25, 0.3) is 0 Å². The second-order valence-corrected chi connectivity index (χ2v) is 6.98. The lowest BCUT2D eigenvalue weighted by atomic mass is 10.2. The van der Waals surface area contributed by atoms with E-state index >= 15 is 0 Å². The molecule has 0 saturated heterocycles. The minimum absolute atomic E-state index is 0.390. The Hall–Kier alpha value is -1.10. The standard InChI is InChI=1S/C16H15ClO2S2/c1-2-20-13-8-5-9-14(15(13)16(18)19)21-10-11-6-3-4-7-12(11)17/h3-9H,2,10H2,1H3,(H,18,19). The number of benzene rings is 2. The van der Waals surface area contributed by atoms with Crippen molar-refractivity contribution in [1.29, 1.82) is 0 Å². The predicted octanol–water partition coefficient (Wildman–Crippen LogP) is 5.44. The average molecular weight is 339 g/mol. The second-order valence-electron chi connectivity index (χ2n) is 4.25. The zero-order chi connectivity index (χ0) is 15.2. The van der Waals surface area contributed by atoms with Gasteiger partial charge in [0.25, 0.3) is 0 Å². The van der Waals surface area contributed by atoms with E-state index in [1.165, 1.54) is 11.8 Å². The van der Waals surface area contributed by atoms with Crippen LogP contribution in [0.1, 0.15) is 22.8 Å². The highest BCUT2D eigenvalue weighted by molar-refractivity contribution is 7.99. The fourth-order valence-corrected chi connectivity index (χ4v) is 4.14. The van der Waals surface area contributed by atoms with Gasteiger partial charge in [0, 0.05) is 20.6 Å². The highest BCUT2D eigenvalue weighted by atomic mass is 35.5. The van der Waals surface area contributed by atoms with E-state index in [-0.39, 0.29) is 0 Å². The molecule has 0 aromatic heterocycles. The van der Waals surface area contributed by atoms with Gasteiger partial charge >= 0.3 is 5.97 Å². The number of hydrogen-bond acceptors (Lipinski definition) is 3. The van der Waals surface area contributed by atoms with Gasteiger partial charge in [-0.2, -0.15) is 0 Å². The molecule has 2 rings (SSSR count). The Morgan fingerprint density at radius 2 is 1.76 bits per heavy atom. The Kier molecular flexibility index (Phi) is 6.03. The SMILES string of the molecule is CCSc1cccc(SCc2ccccc2Cl)c1C(=O)O. The van der Waals surface area contributed by atoms with Crippen molar-refractivity contribution in [3.8, 4) is 0 Å². The van der Waals surface area contributed by atoms with E-state index in [4.69, 9.17) is 11.6 Å². The maximum absolute atomic E-state index is 11.5. The molecule has 0 fully saturated rings. The van der Waals surface area contributed by atoms with Crippen LogP contribution in [0.15, 0.2) is 52.3 Å². The van der Waals surface area contributed by atoms with Gasteiger partial charge in [-0.1, -0.05) is 42.8 Å².